The Bertz CT molecular complexity index is 743. The van der Waals surface area contributed by atoms with Crippen LogP contribution in [0.1, 0.15) is 30.1 Å². The lowest BCUT2D eigenvalue weighted by molar-refractivity contribution is -0.123. The van der Waals surface area contributed by atoms with E-state index in [1.807, 2.05) is 0 Å². The van der Waals surface area contributed by atoms with Gasteiger partial charge in [-0.2, -0.15) is 17.5 Å². The number of carbonyl (C=O) groups excluding carboxylic acids is 1. The second kappa shape index (κ2) is 8.57. The summed E-state index contributed by atoms with van der Waals surface area (Å²) in [6.07, 6.45) is -3.03. The van der Waals surface area contributed by atoms with Gasteiger partial charge >= 0.3 is 6.18 Å². The molecule has 1 fully saturated rings. The highest BCUT2D eigenvalue weighted by Gasteiger charge is 2.31. The Morgan fingerprint density at radius 1 is 1.22 bits per heavy atom. The maximum atomic E-state index is 12.8. The molecule has 0 spiro atoms. The smallest absolute Gasteiger partial charge is 0.343 e. The van der Waals surface area contributed by atoms with Gasteiger partial charge in [-0.3, -0.25) is 4.79 Å². The molecule has 0 radical (unpaired) electrons. The molecule has 1 aliphatic heterocycles. The van der Waals surface area contributed by atoms with Gasteiger partial charge in [-0.1, -0.05) is 6.92 Å². The van der Waals surface area contributed by atoms with Gasteiger partial charge in [-0.25, -0.2) is 8.42 Å². The van der Waals surface area contributed by atoms with Crippen LogP contribution in [-0.2, 0) is 10.0 Å². The second-order valence-corrected chi connectivity index (χ2v) is 8.51. The van der Waals surface area contributed by atoms with E-state index in [2.05, 4.69) is 11.8 Å². The molecule has 1 aliphatic rings. The van der Waals surface area contributed by atoms with Crippen molar-refractivity contribution >= 4 is 15.9 Å². The molecule has 1 saturated heterocycles. The minimum absolute atomic E-state index is 0.00953. The van der Waals surface area contributed by atoms with Crippen LogP contribution in [0, 0.1) is 0 Å². The fraction of sp³-hybridized carbons (Fsp3) is 0.588. The summed E-state index contributed by atoms with van der Waals surface area (Å²) in [6, 6.07) is 4.82. The summed E-state index contributed by atoms with van der Waals surface area (Å²) in [6.45, 7) is 3.22. The zero-order valence-electron chi connectivity index (χ0n) is 15.3. The molecular weight excluding hydrogens is 383 g/mol. The predicted octanol–water partition coefficient (Wildman–Crippen LogP) is 2.08. The maximum absolute atomic E-state index is 12.8. The Hall–Kier alpha value is -1.65. The van der Waals surface area contributed by atoms with Gasteiger partial charge in [-0.05, 0) is 56.7 Å². The van der Waals surface area contributed by atoms with Gasteiger partial charge in [0.05, 0.1) is 4.90 Å². The molecule has 0 unspecified atom stereocenters. The van der Waals surface area contributed by atoms with Crippen molar-refractivity contribution in [2.45, 2.75) is 36.9 Å². The Balaban J connectivity index is 2.05. The van der Waals surface area contributed by atoms with Crippen LogP contribution in [-0.4, -0.2) is 69.0 Å². The number of rotatable bonds is 6. The van der Waals surface area contributed by atoms with Crippen molar-refractivity contribution in [2.75, 3.05) is 33.2 Å². The second-order valence-electron chi connectivity index (χ2n) is 6.51. The number of hydrogen-bond donors (Lipinski definition) is 1. The number of amides is 1. The number of sulfonamides is 1. The summed E-state index contributed by atoms with van der Waals surface area (Å²) >= 11 is 0. The van der Waals surface area contributed by atoms with Crippen molar-refractivity contribution in [1.82, 2.24) is 14.5 Å². The van der Waals surface area contributed by atoms with Gasteiger partial charge in [0, 0.05) is 18.7 Å². The van der Waals surface area contributed by atoms with Crippen LogP contribution in [0.15, 0.2) is 29.2 Å². The highest BCUT2D eigenvalue weighted by Crippen LogP contribution is 2.23. The van der Waals surface area contributed by atoms with Crippen molar-refractivity contribution < 1.29 is 26.4 Å². The van der Waals surface area contributed by atoms with E-state index in [4.69, 9.17) is 0 Å². The normalized spacial score (nSPS) is 17.3. The van der Waals surface area contributed by atoms with E-state index in [1.165, 1.54) is 35.6 Å². The number of carbonyl (C=O) groups is 1. The van der Waals surface area contributed by atoms with Crippen LogP contribution in [0.2, 0.25) is 0 Å². The lowest BCUT2D eigenvalue weighted by Crippen LogP contribution is -2.45. The predicted molar refractivity (Wildman–Crippen MR) is 94.9 cm³/mol. The number of hydrogen-bond acceptors (Lipinski definition) is 4. The Labute approximate surface area is 157 Å². The van der Waals surface area contributed by atoms with Crippen LogP contribution in [0.3, 0.4) is 0 Å². The standard InChI is InChI=1S/C17H24F3N3O3S/c1-3-23-10-8-14(9-11-23)22(2)27(25,26)15-6-4-13(5-7-15)16(24)21-12-17(18,19)20/h4-7,14H,3,8-12H2,1-2H3,(H,21,24). The summed E-state index contributed by atoms with van der Waals surface area (Å²) in [4.78, 5) is 14.0. The number of likely N-dealkylation sites (tertiary alicyclic amines) is 1. The number of nitrogens with one attached hydrogen (secondary N) is 1. The molecule has 27 heavy (non-hydrogen) atoms. The maximum Gasteiger partial charge on any atom is 0.405 e. The summed E-state index contributed by atoms with van der Waals surface area (Å²) in [5.74, 6) is -0.906. The summed E-state index contributed by atoms with van der Waals surface area (Å²) in [5.41, 5.74) is -0.0305. The number of piperidine rings is 1. The van der Waals surface area contributed by atoms with E-state index >= 15 is 0 Å². The molecule has 152 valence electrons. The number of nitrogens with zero attached hydrogens (tertiary/aromatic N) is 2. The van der Waals surface area contributed by atoms with Crippen LogP contribution < -0.4 is 5.32 Å². The van der Waals surface area contributed by atoms with E-state index in [1.54, 1.807) is 5.32 Å². The van der Waals surface area contributed by atoms with E-state index in [-0.39, 0.29) is 16.5 Å². The van der Waals surface area contributed by atoms with E-state index < -0.39 is 28.7 Å². The number of benzene rings is 1. The molecule has 0 bridgehead atoms. The molecule has 10 heteroatoms. The fourth-order valence-corrected chi connectivity index (χ4v) is 4.44. The van der Waals surface area contributed by atoms with Gasteiger partial charge in [0.15, 0.2) is 0 Å². The minimum atomic E-state index is -4.50. The fourth-order valence-electron chi connectivity index (χ4n) is 3.02. The van der Waals surface area contributed by atoms with E-state index in [0.717, 1.165) is 32.5 Å². The molecule has 0 aromatic heterocycles. The third kappa shape index (κ3) is 5.66. The van der Waals surface area contributed by atoms with Crippen LogP contribution in [0.5, 0.6) is 0 Å². The van der Waals surface area contributed by atoms with Gasteiger partial charge < -0.3 is 10.2 Å². The lowest BCUT2D eigenvalue weighted by atomic mass is 10.1. The zero-order valence-corrected chi connectivity index (χ0v) is 16.1. The Morgan fingerprint density at radius 3 is 2.26 bits per heavy atom. The molecule has 1 aromatic carbocycles. The first kappa shape index (κ1) is 21.6. The highest BCUT2D eigenvalue weighted by molar-refractivity contribution is 7.89. The molecule has 1 N–H and O–H groups in total. The minimum Gasteiger partial charge on any atom is -0.343 e. The molecule has 1 aromatic rings. The van der Waals surface area contributed by atoms with Gasteiger partial charge in [0.25, 0.3) is 5.91 Å². The molecule has 0 saturated carbocycles. The van der Waals surface area contributed by atoms with Crippen molar-refractivity contribution in [1.29, 1.82) is 0 Å². The molecule has 2 rings (SSSR count). The molecular formula is C17H24F3N3O3S. The Kier molecular flexibility index (Phi) is 6.87. The van der Waals surface area contributed by atoms with Crippen LogP contribution in [0.25, 0.3) is 0 Å². The highest BCUT2D eigenvalue weighted by atomic mass is 32.2. The van der Waals surface area contributed by atoms with Gasteiger partial charge in [0.2, 0.25) is 10.0 Å². The van der Waals surface area contributed by atoms with E-state index in [9.17, 15) is 26.4 Å². The Morgan fingerprint density at radius 2 is 1.78 bits per heavy atom. The monoisotopic (exact) mass is 407 g/mol. The third-order valence-electron chi connectivity index (χ3n) is 4.76. The van der Waals surface area contributed by atoms with Crippen molar-refractivity contribution in [3.05, 3.63) is 29.8 Å². The molecule has 1 heterocycles. The first-order chi connectivity index (χ1) is 12.5. The van der Waals surface area contributed by atoms with Crippen molar-refractivity contribution in [3.63, 3.8) is 0 Å². The SMILES string of the molecule is CCN1CCC(N(C)S(=O)(=O)c2ccc(C(=O)NCC(F)(F)F)cc2)CC1. The van der Waals surface area contributed by atoms with Gasteiger partial charge in [-0.15, -0.1) is 0 Å². The van der Waals surface area contributed by atoms with Crippen LogP contribution in [0.4, 0.5) is 13.2 Å². The van der Waals surface area contributed by atoms with E-state index in [0.29, 0.717) is 0 Å². The number of alkyl halides is 3. The molecule has 6 nitrogen and oxygen atoms in total. The summed E-state index contributed by atoms with van der Waals surface area (Å²) in [7, 11) is -2.20. The molecule has 0 aliphatic carbocycles. The molecule has 0 atom stereocenters. The summed E-state index contributed by atoms with van der Waals surface area (Å²) in [5, 5.41) is 1.75. The van der Waals surface area contributed by atoms with Crippen molar-refractivity contribution in [3.8, 4) is 0 Å². The largest absolute Gasteiger partial charge is 0.405 e. The lowest BCUT2D eigenvalue weighted by Gasteiger charge is -2.35. The molecule has 1 amide bonds. The van der Waals surface area contributed by atoms with Crippen molar-refractivity contribution in [2.24, 2.45) is 0 Å². The third-order valence-corrected chi connectivity index (χ3v) is 6.69. The first-order valence-electron chi connectivity index (χ1n) is 8.70. The first-order valence-corrected chi connectivity index (χ1v) is 10.1. The van der Waals surface area contributed by atoms with Gasteiger partial charge in [0.1, 0.15) is 6.54 Å². The average Bonchev–Trinajstić information content (AvgIpc) is 2.65. The topological polar surface area (TPSA) is 69.7 Å². The number of halogens is 3. The average molecular weight is 407 g/mol. The summed E-state index contributed by atoms with van der Waals surface area (Å²) < 4.78 is 63.4. The quantitative estimate of drug-likeness (QED) is 0.784. The van der Waals surface area contributed by atoms with Crippen LogP contribution >= 0.6 is 0 Å². The zero-order chi connectivity index (χ0) is 20.2.